The first-order valence-electron chi connectivity index (χ1n) is 17.0. The topological polar surface area (TPSA) is 143 Å². The minimum atomic E-state index is -4.34. The van der Waals surface area contributed by atoms with Crippen molar-refractivity contribution in [3.8, 4) is 0 Å². The number of halogens is 4. The number of alkyl halides is 3. The molecule has 1 amide bonds. The Kier molecular flexibility index (Phi) is 12.6. The maximum atomic E-state index is 13.8. The second-order valence-corrected chi connectivity index (χ2v) is 12.5. The minimum absolute atomic E-state index is 0.0316. The van der Waals surface area contributed by atoms with Crippen LogP contribution >= 0.6 is 11.6 Å². The third kappa shape index (κ3) is 8.41. The molecule has 2 N–H and O–H groups in total. The van der Waals surface area contributed by atoms with Gasteiger partial charge in [0.1, 0.15) is 17.8 Å². The Morgan fingerprint density at radius 3 is 2.60 bits per heavy atom. The van der Waals surface area contributed by atoms with Crippen LogP contribution in [0.2, 0.25) is 5.02 Å². The van der Waals surface area contributed by atoms with Crippen LogP contribution in [0.5, 0.6) is 0 Å². The molecular weight excluding hydrogens is 705 g/mol. The van der Waals surface area contributed by atoms with Gasteiger partial charge < -0.3 is 39.1 Å². The number of rotatable bonds is 9. The smallest absolute Gasteiger partial charge is 0.387 e. The SMILES string of the molecule is C=Nn1c(=O)c(N2CCN(C(=O)c3ncn4c3NCCC4)CC2)c(CC)n(CC=O)c1=NCC1=CCOCC1.CNc1ccc(C(F)(F)F)cc1Cl. The zero-order valence-corrected chi connectivity index (χ0v) is 29.8. The predicted octanol–water partition coefficient (Wildman–Crippen LogP) is 3.50. The normalized spacial score (nSPS) is 16.3. The van der Waals surface area contributed by atoms with Crippen LogP contribution in [0.4, 0.5) is 30.4 Å². The van der Waals surface area contributed by atoms with Crippen LogP contribution < -0.4 is 26.7 Å². The summed E-state index contributed by atoms with van der Waals surface area (Å²) in [5.41, 5.74) is 2.41. The van der Waals surface area contributed by atoms with Crippen molar-refractivity contribution >= 4 is 47.7 Å². The number of hydrogen-bond acceptors (Lipinski definition) is 10. The number of anilines is 3. The molecule has 0 aliphatic carbocycles. The lowest BCUT2D eigenvalue weighted by Gasteiger charge is -2.37. The Bertz CT molecular complexity index is 1940. The van der Waals surface area contributed by atoms with E-state index < -0.39 is 11.7 Å². The number of amides is 1. The summed E-state index contributed by atoms with van der Waals surface area (Å²) in [6.07, 6.45) is 2.44. The van der Waals surface area contributed by atoms with Gasteiger partial charge >= 0.3 is 6.18 Å². The van der Waals surface area contributed by atoms with Crippen LogP contribution in [-0.2, 0) is 35.2 Å². The number of piperazine rings is 1. The molecule has 1 aromatic carbocycles. The van der Waals surface area contributed by atoms with Gasteiger partial charge in [0.2, 0.25) is 5.62 Å². The number of aryl methyl sites for hydroxylation is 1. The monoisotopic (exact) mass is 746 g/mol. The van der Waals surface area contributed by atoms with Crippen molar-refractivity contribution < 1.29 is 27.5 Å². The summed E-state index contributed by atoms with van der Waals surface area (Å²) >= 11 is 5.57. The highest BCUT2D eigenvalue weighted by Gasteiger charge is 2.32. The molecular formula is C34H42ClF3N10O4. The summed E-state index contributed by atoms with van der Waals surface area (Å²) < 4.78 is 46.7. The molecule has 18 heteroatoms. The zero-order valence-electron chi connectivity index (χ0n) is 29.1. The van der Waals surface area contributed by atoms with Gasteiger partial charge in [-0.25, -0.2) is 9.98 Å². The summed E-state index contributed by atoms with van der Waals surface area (Å²) in [5, 5.41) is 10.0. The van der Waals surface area contributed by atoms with E-state index >= 15 is 0 Å². The van der Waals surface area contributed by atoms with E-state index in [0.29, 0.717) is 80.7 Å². The molecule has 14 nitrogen and oxygen atoms in total. The Labute approximate surface area is 303 Å². The van der Waals surface area contributed by atoms with Gasteiger partial charge in [-0.15, -0.1) is 0 Å². The lowest BCUT2D eigenvalue weighted by molar-refractivity contribution is -0.137. The number of hydrogen-bond donors (Lipinski definition) is 2. The molecule has 6 rings (SSSR count). The first-order valence-corrected chi connectivity index (χ1v) is 17.3. The van der Waals surface area contributed by atoms with Crippen molar-refractivity contribution in [1.82, 2.24) is 23.7 Å². The fourth-order valence-electron chi connectivity index (χ4n) is 6.31. The molecule has 0 bridgehead atoms. The fourth-order valence-corrected chi connectivity index (χ4v) is 6.58. The van der Waals surface area contributed by atoms with Gasteiger partial charge in [0.05, 0.1) is 54.6 Å². The van der Waals surface area contributed by atoms with Gasteiger partial charge in [0.15, 0.2) is 5.69 Å². The van der Waals surface area contributed by atoms with Gasteiger partial charge in [-0.1, -0.05) is 24.6 Å². The second kappa shape index (κ2) is 17.1. The number of imidazole rings is 1. The number of nitrogens with zero attached hydrogens (tertiary/aromatic N) is 8. The summed E-state index contributed by atoms with van der Waals surface area (Å²) in [4.78, 5) is 51.6. The molecule has 3 aliphatic heterocycles. The Morgan fingerprint density at radius 1 is 1.21 bits per heavy atom. The van der Waals surface area contributed by atoms with Crippen LogP contribution in [-0.4, -0.2) is 102 Å². The highest BCUT2D eigenvalue weighted by Crippen LogP contribution is 2.33. The molecule has 52 heavy (non-hydrogen) atoms. The molecule has 0 radical (unpaired) electrons. The van der Waals surface area contributed by atoms with Gasteiger partial charge in [-0.05, 0) is 43.0 Å². The number of carbonyl (C=O) groups is 2. The molecule has 5 heterocycles. The van der Waals surface area contributed by atoms with Crippen LogP contribution in [0, 0.1) is 0 Å². The fraction of sp³-hybridized carbons (Fsp3) is 0.471. The summed E-state index contributed by atoms with van der Waals surface area (Å²) in [6.45, 7) is 10.6. The molecule has 3 aliphatic rings. The molecule has 280 valence electrons. The molecule has 0 atom stereocenters. The van der Waals surface area contributed by atoms with E-state index in [1.165, 1.54) is 10.7 Å². The van der Waals surface area contributed by atoms with Crippen molar-refractivity contribution in [2.75, 3.05) is 75.1 Å². The quantitative estimate of drug-likeness (QED) is 0.193. The first-order chi connectivity index (χ1) is 25.0. The number of aldehydes is 1. The van der Waals surface area contributed by atoms with E-state index in [9.17, 15) is 27.6 Å². The Balaban J connectivity index is 0.000000340. The standard InChI is InChI=1S/C26H35N9O4.C8H7ClF3N/c1-3-20-22(25(38)35(27-2)26(34(20)13-14-36)29-17-19-5-15-39-16-6-19)31-9-11-32(12-10-31)24(37)21-23-28-7-4-8-33(23)18-30-21;1-13-7-3-2-5(4-6(7)9)8(10,11)12/h5,14,18,28H,2-4,6-13,15-17H2,1H3;2-4,13H,1H3. The van der Waals surface area contributed by atoms with Crippen molar-refractivity contribution in [1.29, 1.82) is 0 Å². The maximum Gasteiger partial charge on any atom is 0.416 e. The van der Waals surface area contributed by atoms with Crippen molar-refractivity contribution in [3.63, 3.8) is 0 Å². The van der Waals surface area contributed by atoms with Gasteiger partial charge in [0, 0.05) is 53.0 Å². The van der Waals surface area contributed by atoms with E-state index in [0.717, 1.165) is 55.7 Å². The Hall–Kier alpha value is -4.90. The minimum Gasteiger partial charge on any atom is -0.387 e. The van der Waals surface area contributed by atoms with Gasteiger partial charge in [0.25, 0.3) is 11.5 Å². The third-order valence-electron chi connectivity index (χ3n) is 9.00. The van der Waals surface area contributed by atoms with E-state index in [2.05, 4.69) is 27.4 Å². The number of nitrogens with one attached hydrogen (secondary N) is 2. The maximum absolute atomic E-state index is 13.8. The molecule has 0 unspecified atom stereocenters. The number of ether oxygens (including phenoxy) is 1. The average Bonchev–Trinajstić information content (AvgIpc) is 3.59. The largest absolute Gasteiger partial charge is 0.416 e. The highest BCUT2D eigenvalue weighted by atomic mass is 35.5. The van der Waals surface area contributed by atoms with E-state index in [-0.39, 0.29) is 23.0 Å². The molecule has 0 spiro atoms. The van der Waals surface area contributed by atoms with Crippen LogP contribution in [0.15, 0.2) is 51.1 Å². The van der Waals surface area contributed by atoms with Crippen LogP contribution in [0.3, 0.4) is 0 Å². The summed E-state index contributed by atoms with van der Waals surface area (Å²) in [7, 11) is 1.59. The highest BCUT2D eigenvalue weighted by molar-refractivity contribution is 6.33. The van der Waals surface area contributed by atoms with Gasteiger partial charge in [-0.2, -0.15) is 22.9 Å². The number of aromatic nitrogens is 4. The van der Waals surface area contributed by atoms with E-state index in [1.807, 2.05) is 22.5 Å². The summed E-state index contributed by atoms with van der Waals surface area (Å²) in [6, 6.07) is 3.18. The van der Waals surface area contributed by atoms with Crippen molar-refractivity contribution in [3.05, 3.63) is 74.1 Å². The van der Waals surface area contributed by atoms with E-state index in [4.69, 9.17) is 21.3 Å². The van der Waals surface area contributed by atoms with Gasteiger partial charge in [-0.3, -0.25) is 9.59 Å². The lowest BCUT2D eigenvalue weighted by Crippen LogP contribution is -2.52. The zero-order chi connectivity index (χ0) is 37.4. The lowest BCUT2D eigenvalue weighted by atomic mass is 10.1. The number of carbonyl (C=O) groups excluding carboxylic acids is 2. The number of benzene rings is 1. The third-order valence-corrected chi connectivity index (χ3v) is 9.31. The number of fused-ring (bicyclic) bond motifs is 1. The van der Waals surface area contributed by atoms with Crippen molar-refractivity contribution in [2.24, 2.45) is 10.1 Å². The molecule has 0 saturated carbocycles. The molecule has 1 saturated heterocycles. The molecule has 1 fully saturated rings. The van der Waals surface area contributed by atoms with Crippen LogP contribution in [0.25, 0.3) is 0 Å². The van der Waals surface area contributed by atoms with E-state index in [1.54, 1.807) is 22.8 Å². The average molecular weight is 747 g/mol. The predicted molar refractivity (Wildman–Crippen MR) is 192 cm³/mol. The molecule has 3 aromatic rings. The Morgan fingerprint density at radius 2 is 1.98 bits per heavy atom. The second-order valence-electron chi connectivity index (χ2n) is 12.1. The molecule has 2 aromatic heterocycles. The first kappa shape index (κ1) is 38.3. The van der Waals surface area contributed by atoms with Crippen molar-refractivity contribution in [2.45, 2.75) is 45.5 Å². The van der Waals surface area contributed by atoms with Crippen LogP contribution in [0.1, 0.15) is 41.5 Å². The summed E-state index contributed by atoms with van der Waals surface area (Å²) in [5.74, 6) is 0.652.